The number of hydrogen-bond acceptors (Lipinski definition) is 3. The maximum atomic E-state index is 14.1. The van der Waals surface area contributed by atoms with Crippen molar-refractivity contribution in [1.29, 1.82) is 0 Å². The Morgan fingerprint density at radius 3 is 2.31 bits per heavy atom. The highest BCUT2D eigenvalue weighted by atomic mass is 32.2. The third-order valence-corrected chi connectivity index (χ3v) is 5.43. The minimum atomic E-state index is -4.63. The van der Waals surface area contributed by atoms with Crippen LogP contribution in [0.25, 0.3) is 11.3 Å². The van der Waals surface area contributed by atoms with Crippen molar-refractivity contribution in [3.05, 3.63) is 35.8 Å². The fourth-order valence-electron chi connectivity index (χ4n) is 3.24. The fourth-order valence-corrected chi connectivity index (χ4v) is 3.83. The molecular formula is C16H17F4N3O2S. The van der Waals surface area contributed by atoms with Gasteiger partial charge in [-0.25, -0.2) is 17.9 Å². The van der Waals surface area contributed by atoms with Crippen LogP contribution >= 0.6 is 0 Å². The Hall–Kier alpha value is -1.94. The molecule has 0 atom stereocenters. The molecule has 2 N–H and O–H groups in total. The first-order valence-electron chi connectivity index (χ1n) is 8.07. The van der Waals surface area contributed by atoms with Gasteiger partial charge in [-0.2, -0.15) is 18.3 Å². The largest absolute Gasteiger partial charge is 0.435 e. The van der Waals surface area contributed by atoms with Crippen LogP contribution in [0.3, 0.4) is 0 Å². The highest BCUT2D eigenvalue weighted by Gasteiger charge is 2.36. The predicted octanol–water partition coefficient (Wildman–Crippen LogP) is 3.86. The summed E-state index contributed by atoms with van der Waals surface area (Å²) in [5, 5.41) is 8.63. The van der Waals surface area contributed by atoms with Crippen LogP contribution in [-0.2, 0) is 16.2 Å². The van der Waals surface area contributed by atoms with E-state index in [0.717, 1.165) is 37.5 Å². The topological polar surface area (TPSA) is 78.0 Å². The number of aromatic nitrogens is 2. The molecule has 0 aliphatic heterocycles. The molecule has 1 heterocycles. The fraction of sp³-hybridized carbons (Fsp3) is 0.438. The number of primary sulfonamides is 1. The molecule has 0 saturated heterocycles. The normalized spacial score (nSPS) is 16.8. The number of rotatable bonds is 3. The summed E-state index contributed by atoms with van der Waals surface area (Å²) in [6.07, 6.45) is -0.494. The summed E-state index contributed by atoms with van der Waals surface area (Å²) < 4.78 is 77.4. The molecule has 10 heteroatoms. The molecule has 1 aromatic heterocycles. The predicted molar refractivity (Wildman–Crippen MR) is 86.1 cm³/mol. The molecule has 1 fully saturated rings. The zero-order chi connectivity index (χ0) is 19.1. The van der Waals surface area contributed by atoms with Crippen LogP contribution in [0, 0.1) is 5.82 Å². The van der Waals surface area contributed by atoms with E-state index in [4.69, 9.17) is 5.14 Å². The lowest BCUT2D eigenvalue weighted by Gasteiger charge is -2.24. The molecule has 0 bridgehead atoms. The summed E-state index contributed by atoms with van der Waals surface area (Å²) in [4.78, 5) is -0.707. The molecule has 0 spiro atoms. The van der Waals surface area contributed by atoms with Crippen LogP contribution in [0.5, 0.6) is 0 Å². The second-order valence-electron chi connectivity index (χ2n) is 6.34. The van der Waals surface area contributed by atoms with Crippen LogP contribution in [0.1, 0.15) is 43.8 Å². The molecule has 1 saturated carbocycles. The molecule has 1 aliphatic rings. The highest BCUT2D eigenvalue weighted by molar-refractivity contribution is 7.89. The summed E-state index contributed by atoms with van der Waals surface area (Å²) in [5.74, 6) is -1.12. The molecule has 5 nitrogen and oxygen atoms in total. The molecule has 0 radical (unpaired) electrons. The van der Waals surface area contributed by atoms with E-state index in [9.17, 15) is 26.0 Å². The zero-order valence-electron chi connectivity index (χ0n) is 13.6. The van der Waals surface area contributed by atoms with E-state index in [2.05, 4.69) is 5.10 Å². The maximum absolute atomic E-state index is 14.1. The second kappa shape index (κ2) is 6.66. The van der Waals surface area contributed by atoms with Gasteiger partial charge in [0.25, 0.3) is 0 Å². The van der Waals surface area contributed by atoms with Crippen LogP contribution in [-0.4, -0.2) is 18.2 Å². The summed E-state index contributed by atoms with van der Waals surface area (Å²) >= 11 is 0. The van der Waals surface area contributed by atoms with Gasteiger partial charge in [0.2, 0.25) is 10.0 Å². The summed E-state index contributed by atoms with van der Waals surface area (Å²) in [7, 11) is -4.26. The van der Waals surface area contributed by atoms with Gasteiger partial charge >= 0.3 is 6.18 Å². The van der Waals surface area contributed by atoms with Crippen LogP contribution in [0.15, 0.2) is 29.2 Å². The monoisotopic (exact) mass is 391 g/mol. The average Bonchev–Trinajstić information content (AvgIpc) is 3.00. The third-order valence-electron chi connectivity index (χ3n) is 4.48. The van der Waals surface area contributed by atoms with Crippen molar-refractivity contribution in [3.8, 4) is 11.3 Å². The molecule has 3 rings (SSSR count). The Balaban J connectivity index is 2.11. The first kappa shape index (κ1) is 18.8. The van der Waals surface area contributed by atoms with E-state index in [1.807, 2.05) is 0 Å². The Kier molecular flexibility index (Phi) is 4.82. The van der Waals surface area contributed by atoms with Crippen LogP contribution < -0.4 is 5.14 Å². The van der Waals surface area contributed by atoms with Gasteiger partial charge in [-0.3, -0.25) is 4.68 Å². The van der Waals surface area contributed by atoms with Gasteiger partial charge in [-0.15, -0.1) is 0 Å². The van der Waals surface area contributed by atoms with Gasteiger partial charge < -0.3 is 0 Å². The SMILES string of the molecule is NS(=O)(=O)c1ccc(-c2cc(C(F)(F)F)nn2C2CCCCC2)cc1F. The van der Waals surface area contributed by atoms with Crippen molar-refractivity contribution in [2.75, 3.05) is 0 Å². The summed E-state index contributed by atoms with van der Waals surface area (Å²) in [6, 6.07) is 3.71. The highest BCUT2D eigenvalue weighted by Crippen LogP contribution is 2.37. The third kappa shape index (κ3) is 3.75. The first-order chi connectivity index (χ1) is 12.1. The number of sulfonamides is 1. The van der Waals surface area contributed by atoms with Gasteiger partial charge in [0.1, 0.15) is 10.7 Å². The van der Waals surface area contributed by atoms with E-state index in [-0.39, 0.29) is 17.3 Å². The minimum absolute atomic E-state index is 0.101. The standard InChI is InChI=1S/C16H17F4N3O2S/c17-12-8-10(6-7-14(12)26(21,24)25)13-9-15(16(18,19)20)22-23(13)11-4-2-1-3-5-11/h6-9,11H,1-5H2,(H2,21,24,25). The number of benzene rings is 1. The van der Waals surface area contributed by atoms with E-state index < -0.39 is 32.6 Å². The lowest BCUT2D eigenvalue weighted by atomic mass is 9.95. The Morgan fingerprint density at radius 2 is 1.77 bits per heavy atom. The first-order valence-corrected chi connectivity index (χ1v) is 9.61. The average molecular weight is 391 g/mol. The molecule has 1 aromatic carbocycles. The van der Waals surface area contributed by atoms with Crippen molar-refractivity contribution in [1.82, 2.24) is 9.78 Å². The van der Waals surface area contributed by atoms with Crippen molar-refractivity contribution in [2.45, 2.75) is 49.2 Å². The van der Waals surface area contributed by atoms with Gasteiger partial charge in [-0.1, -0.05) is 25.3 Å². The van der Waals surface area contributed by atoms with E-state index in [0.29, 0.717) is 12.8 Å². The van der Waals surface area contributed by atoms with Crippen molar-refractivity contribution >= 4 is 10.0 Å². The maximum Gasteiger partial charge on any atom is 0.435 e. The quantitative estimate of drug-likeness (QED) is 0.807. The molecule has 0 unspecified atom stereocenters. The van der Waals surface area contributed by atoms with Gasteiger partial charge in [0.05, 0.1) is 11.7 Å². The van der Waals surface area contributed by atoms with Crippen LogP contribution in [0.4, 0.5) is 17.6 Å². The number of nitrogens with zero attached hydrogens (tertiary/aromatic N) is 2. The zero-order valence-corrected chi connectivity index (χ0v) is 14.4. The Morgan fingerprint density at radius 1 is 1.12 bits per heavy atom. The lowest BCUT2D eigenvalue weighted by molar-refractivity contribution is -0.141. The Labute approximate surface area is 147 Å². The number of halogens is 4. The van der Waals surface area contributed by atoms with E-state index in [1.54, 1.807) is 0 Å². The summed E-state index contributed by atoms with van der Waals surface area (Å²) in [5.41, 5.74) is -0.846. The summed E-state index contributed by atoms with van der Waals surface area (Å²) in [6.45, 7) is 0. The van der Waals surface area contributed by atoms with Crippen molar-refractivity contribution in [3.63, 3.8) is 0 Å². The second-order valence-corrected chi connectivity index (χ2v) is 7.87. The van der Waals surface area contributed by atoms with Gasteiger partial charge in [0.15, 0.2) is 5.69 Å². The molecule has 2 aromatic rings. The molecule has 142 valence electrons. The number of nitrogens with two attached hydrogens (primary N) is 1. The molecule has 26 heavy (non-hydrogen) atoms. The van der Waals surface area contributed by atoms with E-state index in [1.165, 1.54) is 10.7 Å². The van der Waals surface area contributed by atoms with Gasteiger partial charge in [-0.05, 0) is 31.0 Å². The number of alkyl halides is 3. The smallest absolute Gasteiger partial charge is 0.261 e. The Bertz CT molecular complexity index is 916. The van der Waals surface area contributed by atoms with Crippen LogP contribution in [0.2, 0.25) is 0 Å². The lowest BCUT2D eigenvalue weighted by Crippen LogP contribution is -2.17. The van der Waals surface area contributed by atoms with Crippen molar-refractivity contribution in [2.24, 2.45) is 5.14 Å². The van der Waals surface area contributed by atoms with Crippen molar-refractivity contribution < 1.29 is 26.0 Å². The molecule has 1 aliphatic carbocycles. The molecule has 0 amide bonds. The molecular weight excluding hydrogens is 374 g/mol. The number of hydrogen-bond donors (Lipinski definition) is 1. The van der Waals surface area contributed by atoms with Gasteiger partial charge in [0, 0.05) is 5.56 Å². The minimum Gasteiger partial charge on any atom is -0.261 e. The van der Waals surface area contributed by atoms with E-state index >= 15 is 0 Å².